The van der Waals surface area contributed by atoms with Crippen molar-refractivity contribution in [3.8, 4) is 0 Å². The highest BCUT2D eigenvalue weighted by Gasteiger charge is 2.19. The van der Waals surface area contributed by atoms with Gasteiger partial charge in [0.15, 0.2) is 0 Å². The standard InChI is InChI=1S/C21H31N5O/c1-22-20(19-14-24-25(2)16-19)21(27)23-13-17-7-9-18(10-8-17)15-26-11-5-3-4-6-12-26/h7-10,14,16,20,22H,3-6,11-13,15H2,1-2H3,(H,23,27). The number of carbonyl (C=O) groups excluding carboxylic acids is 1. The van der Waals surface area contributed by atoms with Gasteiger partial charge in [-0.15, -0.1) is 0 Å². The van der Waals surface area contributed by atoms with E-state index in [2.05, 4.69) is 44.9 Å². The second-order valence-electron chi connectivity index (χ2n) is 7.39. The van der Waals surface area contributed by atoms with Gasteiger partial charge in [-0.25, -0.2) is 0 Å². The van der Waals surface area contributed by atoms with Crippen LogP contribution in [0.1, 0.15) is 48.4 Å². The van der Waals surface area contributed by atoms with Crippen LogP contribution in [0, 0.1) is 0 Å². The minimum atomic E-state index is -0.388. The highest BCUT2D eigenvalue weighted by atomic mass is 16.2. The van der Waals surface area contributed by atoms with Crippen LogP contribution in [-0.4, -0.2) is 40.7 Å². The molecule has 2 heterocycles. The van der Waals surface area contributed by atoms with E-state index in [1.54, 1.807) is 17.9 Å². The third kappa shape index (κ3) is 5.65. The number of amides is 1. The molecular formula is C21H31N5O. The van der Waals surface area contributed by atoms with Crippen LogP contribution in [0.15, 0.2) is 36.7 Å². The summed E-state index contributed by atoms with van der Waals surface area (Å²) in [4.78, 5) is 15.1. The number of benzene rings is 1. The maximum absolute atomic E-state index is 12.5. The van der Waals surface area contributed by atoms with E-state index in [0.717, 1.165) is 17.7 Å². The fourth-order valence-corrected chi connectivity index (χ4v) is 3.64. The van der Waals surface area contributed by atoms with E-state index in [1.165, 1.54) is 44.3 Å². The number of carbonyl (C=O) groups is 1. The lowest BCUT2D eigenvalue weighted by Gasteiger charge is -2.20. The van der Waals surface area contributed by atoms with E-state index in [4.69, 9.17) is 0 Å². The summed E-state index contributed by atoms with van der Waals surface area (Å²) >= 11 is 0. The van der Waals surface area contributed by atoms with E-state index in [-0.39, 0.29) is 11.9 Å². The molecule has 1 unspecified atom stereocenters. The lowest BCUT2D eigenvalue weighted by atomic mass is 10.1. The molecule has 146 valence electrons. The number of hydrogen-bond donors (Lipinski definition) is 2. The Kier molecular flexibility index (Phi) is 7.01. The first kappa shape index (κ1) is 19.6. The topological polar surface area (TPSA) is 62.2 Å². The van der Waals surface area contributed by atoms with Crippen molar-refractivity contribution in [2.45, 2.75) is 44.8 Å². The zero-order valence-corrected chi connectivity index (χ0v) is 16.4. The maximum Gasteiger partial charge on any atom is 0.242 e. The largest absolute Gasteiger partial charge is 0.350 e. The van der Waals surface area contributed by atoms with Crippen molar-refractivity contribution in [1.82, 2.24) is 25.3 Å². The Labute approximate surface area is 161 Å². The van der Waals surface area contributed by atoms with E-state index in [0.29, 0.717) is 6.54 Å². The molecule has 0 bridgehead atoms. The smallest absolute Gasteiger partial charge is 0.242 e. The van der Waals surface area contributed by atoms with Gasteiger partial charge in [0, 0.05) is 31.9 Å². The second kappa shape index (κ2) is 9.67. The number of nitrogens with zero attached hydrogens (tertiary/aromatic N) is 3. The van der Waals surface area contributed by atoms with Gasteiger partial charge >= 0.3 is 0 Å². The summed E-state index contributed by atoms with van der Waals surface area (Å²) in [5.41, 5.74) is 3.32. The Morgan fingerprint density at radius 1 is 1.11 bits per heavy atom. The number of rotatable bonds is 7. The molecule has 0 radical (unpaired) electrons. The highest BCUT2D eigenvalue weighted by Crippen LogP contribution is 2.15. The molecule has 6 heteroatoms. The van der Waals surface area contributed by atoms with Crippen molar-refractivity contribution in [2.75, 3.05) is 20.1 Å². The van der Waals surface area contributed by atoms with Crippen molar-refractivity contribution in [3.63, 3.8) is 0 Å². The second-order valence-corrected chi connectivity index (χ2v) is 7.39. The Balaban J connectivity index is 1.51. The molecule has 0 aliphatic carbocycles. The van der Waals surface area contributed by atoms with Crippen LogP contribution < -0.4 is 10.6 Å². The minimum Gasteiger partial charge on any atom is -0.350 e. The monoisotopic (exact) mass is 369 g/mol. The van der Waals surface area contributed by atoms with Crippen LogP contribution in [0.5, 0.6) is 0 Å². The van der Waals surface area contributed by atoms with Crippen molar-refractivity contribution in [2.24, 2.45) is 7.05 Å². The Morgan fingerprint density at radius 2 is 1.78 bits per heavy atom. The van der Waals surface area contributed by atoms with E-state index in [9.17, 15) is 4.79 Å². The quantitative estimate of drug-likeness (QED) is 0.787. The summed E-state index contributed by atoms with van der Waals surface area (Å²) in [6, 6.07) is 8.21. The summed E-state index contributed by atoms with van der Waals surface area (Å²) < 4.78 is 1.70. The summed E-state index contributed by atoms with van der Waals surface area (Å²) in [5, 5.41) is 10.2. The average Bonchev–Trinajstić information content (AvgIpc) is 2.93. The molecule has 1 aliphatic heterocycles. The molecule has 1 fully saturated rings. The molecular weight excluding hydrogens is 338 g/mol. The molecule has 0 spiro atoms. The van der Waals surface area contributed by atoms with Crippen molar-refractivity contribution < 1.29 is 4.79 Å². The molecule has 1 atom stereocenters. The van der Waals surface area contributed by atoms with Crippen LogP contribution in [-0.2, 0) is 24.9 Å². The van der Waals surface area contributed by atoms with E-state index < -0.39 is 0 Å². The number of aromatic nitrogens is 2. The van der Waals surface area contributed by atoms with Crippen molar-refractivity contribution in [3.05, 3.63) is 53.3 Å². The fourth-order valence-electron chi connectivity index (χ4n) is 3.64. The zero-order valence-electron chi connectivity index (χ0n) is 16.4. The Bertz CT molecular complexity index is 716. The normalized spacial score (nSPS) is 16.7. The van der Waals surface area contributed by atoms with Gasteiger partial charge < -0.3 is 10.6 Å². The summed E-state index contributed by atoms with van der Waals surface area (Å²) in [6.45, 7) is 3.96. The van der Waals surface area contributed by atoms with Crippen LogP contribution in [0.25, 0.3) is 0 Å². The van der Waals surface area contributed by atoms with Gasteiger partial charge in [-0.3, -0.25) is 14.4 Å². The number of likely N-dealkylation sites (tertiary alicyclic amines) is 1. The lowest BCUT2D eigenvalue weighted by Crippen LogP contribution is -2.35. The van der Waals surface area contributed by atoms with E-state index in [1.807, 2.05) is 13.2 Å². The third-order valence-corrected chi connectivity index (χ3v) is 5.20. The molecule has 2 aromatic rings. The number of hydrogen-bond acceptors (Lipinski definition) is 4. The first-order valence-electron chi connectivity index (χ1n) is 9.89. The molecule has 3 rings (SSSR count). The molecule has 2 N–H and O–H groups in total. The lowest BCUT2D eigenvalue weighted by molar-refractivity contribution is -0.123. The predicted octanol–water partition coefficient (Wildman–Crippen LogP) is 2.37. The SMILES string of the molecule is CNC(C(=O)NCc1ccc(CN2CCCCCC2)cc1)c1cnn(C)c1. The molecule has 1 aromatic heterocycles. The zero-order chi connectivity index (χ0) is 19.1. The summed E-state index contributed by atoms with van der Waals surface area (Å²) in [6.07, 6.45) is 8.93. The highest BCUT2D eigenvalue weighted by molar-refractivity contribution is 5.83. The Morgan fingerprint density at radius 3 is 2.37 bits per heavy atom. The first-order chi connectivity index (χ1) is 13.2. The van der Waals surface area contributed by atoms with Gasteiger partial charge in [0.25, 0.3) is 0 Å². The molecule has 6 nitrogen and oxygen atoms in total. The maximum atomic E-state index is 12.5. The van der Waals surface area contributed by atoms with Gasteiger partial charge in [-0.2, -0.15) is 5.10 Å². The van der Waals surface area contributed by atoms with Gasteiger partial charge in [0.2, 0.25) is 5.91 Å². The van der Waals surface area contributed by atoms with Gasteiger partial charge in [-0.1, -0.05) is 37.1 Å². The van der Waals surface area contributed by atoms with E-state index >= 15 is 0 Å². The van der Waals surface area contributed by atoms with Gasteiger partial charge in [0.05, 0.1) is 6.20 Å². The van der Waals surface area contributed by atoms with Crippen LogP contribution in [0.4, 0.5) is 0 Å². The molecule has 1 saturated heterocycles. The summed E-state index contributed by atoms with van der Waals surface area (Å²) in [7, 11) is 3.64. The molecule has 1 amide bonds. The minimum absolute atomic E-state index is 0.0425. The number of likely N-dealkylation sites (N-methyl/N-ethyl adjacent to an activating group) is 1. The van der Waals surface area contributed by atoms with Crippen molar-refractivity contribution in [1.29, 1.82) is 0 Å². The Hall–Kier alpha value is -2.18. The van der Waals surface area contributed by atoms with Crippen LogP contribution in [0.2, 0.25) is 0 Å². The first-order valence-corrected chi connectivity index (χ1v) is 9.89. The summed E-state index contributed by atoms with van der Waals surface area (Å²) in [5.74, 6) is -0.0425. The van der Waals surface area contributed by atoms with Crippen molar-refractivity contribution >= 4 is 5.91 Å². The molecule has 0 saturated carbocycles. The molecule has 1 aromatic carbocycles. The molecule has 1 aliphatic rings. The number of aryl methyl sites for hydroxylation is 1. The molecule has 27 heavy (non-hydrogen) atoms. The third-order valence-electron chi connectivity index (χ3n) is 5.20. The average molecular weight is 370 g/mol. The van der Waals surface area contributed by atoms with Crippen LogP contribution >= 0.6 is 0 Å². The van der Waals surface area contributed by atoms with Crippen LogP contribution in [0.3, 0.4) is 0 Å². The van der Waals surface area contributed by atoms with Gasteiger partial charge in [-0.05, 0) is 44.1 Å². The predicted molar refractivity (Wildman–Crippen MR) is 107 cm³/mol. The fraction of sp³-hybridized carbons (Fsp3) is 0.524. The van der Waals surface area contributed by atoms with Gasteiger partial charge in [0.1, 0.15) is 6.04 Å². The number of nitrogens with one attached hydrogen (secondary N) is 2.